The molecule has 1 aliphatic heterocycles. The molecule has 4 rings (SSSR count). The molecular formula is C23H27NO4. The molecule has 2 heterocycles. The number of carbonyl (C=O) groups is 2. The van der Waals surface area contributed by atoms with Crippen LogP contribution >= 0.6 is 0 Å². The number of fused-ring (bicyclic) bond motifs is 1. The monoisotopic (exact) mass is 381 g/mol. The van der Waals surface area contributed by atoms with Gasteiger partial charge in [0.05, 0.1) is 18.7 Å². The van der Waals surface area contributed by atoms with Crippen LogP contribution in [0.2, 0.25) is 0 Å². The number of likely N-dealkylation sites (tertiary alicyclic amines) is 1. The molecule has 1 aromatic carbocycles. The van der Waals surface area contributed by atoms with E-state index >= 15 is 0 Å². The Morgan fingerprint density at radius 3 is 2.61 bits per heavy atom. The van der Waals surface area contributed by atoms with Crippen LogP contribution in [0.25, 0.3) is 0 Å². The number of Topliss-reactive ketones (excluding diaryl/α,β-unsaturated/α-hetero) is 1. The van der Waals surface area contributed by atoms with Crippen LogP contribution in [-0.2, 0) is 6.42 Å². The van der Waals surface area contributed by atoms with Gasteiger partial charge in [0.25, 0.3) is 5.91 Å². The number of nitrogens with zero attached hydrogens (tertiary/aromatic N) is 1. The van der Waals surface area contributed by atoms with Crippen molar-refractivity contribution in [3.05, 3.63) is 52.5 Å². The van der Waals surface area contributed by atoms with E-state index in [1.165, 1.54) is 0 Å². The van der Waals surface area contributed by atoms with E-state index in [9.17, 15) is 9.59 Å². The maximum absolute atomic E-state index is 13.4. The Morgan fingerprint density at radius 1 is 1.21 bits per heavy atom. The van der Waals surface area contributed by atoms with Gasteiger partial charge in [0.15, 0.2) is 11.5 Å². The zero-order chi connectivity index (χ0) is 20.1. The quantitative estimate of drug-likeness (QED) is 0.771. The number of hydrogen-bond acceptors (Lipinski definition) is 4. The number of rotatable bonds is 3. The van der Waals surface area contributed by atoms with E-state index in [-0.39, 0.29) is 23.1 Å². The summed E-state index contributed by atoms with van der Waals surface area (Å²) in [6.45, 7) is 6.66. The molecule has 1 saturated heterocycles. The molecule has 2 aromatic rings. The standard InChI is InChI=1S/C23H27NO4/c1-14-20-18(25)12-23(2,3)13-19(20)28-21(14)22(26)24-11-5-6-17(24)15-7-9-16(27-4)10-8-15/h7-10,17H,5-6,11-13H2,1-4H3. The van der Waals surface area contributed by atoms with Gasteiger partial charge in [0, 0.05) is 24.9 Å². The lowest BCUT2D eigenvalue weighted by Gasteiger charge is -2.27. The summed E-state index contributed by atoms with van der Waals surface area (Å²) in [7, 11) is 1.64. The van der Waals surface area contributed by atoms with Gasteiger partial charge in [-0.25, -0.2) is 0 Å². The fraction of sp³-hybridized carbons (Fsp3) is 0.478. The SMILES string of the molecule is COc1ccc(C2CCCN2C(=O)c2oc3c(c2C)C(=O)CC(C)(C)C3)cc1. The smallest absolute Gasteiger partial charge is 0.290 e. The lowest BCUT2D eigenvalue weighted by Crippen LogP contribution is -2.30. The van der Waals surface area contributed by atoms with Crippen LogP contribution in [0.1, 0.15) is 77.0 Å². The van der Waals surface area contributed by atoms with Crippen LogP contribution < -0.4 is 4.74 Å². The third kappa shape index (κ3) is 3.13. The lowest BCUT2D eigenvalue weighted by atomic mass is 9.76. The average Bonchev–Trinajstić information content (AvgIpc) is 3.25. The Kier molecular flexibility index (Phi) is 4.56. The second kappa shape index (κ2) is 6.80. The van der Waals surface area contributed by atoms with E-state index in [2.05, 4.69) is 13.8 Å². The average molecular weight is 381 g/mol. The van der Waals surface area contributed by atoms with Crippen molar-refractivity contribution in [1.82, 2.24) is 4.90 Å². The van der Waals surface area contributed by atoms with E-state index in [1.807, 2.05) is 36.1 Å². The molecule has 1 amide bonds. The summed E-state index contributed by atoms with van der Waals surface area (Å²) in [5, 5.41) is 0. The van der Waals surface area contributed by atoms with E-state index < -0.39 is 0 Å². The second-order valence-corrected chi connectivity index (χ2v) is 8.73. The van der Waals surface area contributed by atoms with Gasteiger partial charge in [-0.2, -0.15) is 0 Å². The van der Waals surface area contributed by atoms with Crippen molar-refractivity contribution in [1.29, 1.82) is 0 Å². The number of methoxy groups -OCH3 is 1. The topological polar surface area (TPSA) is 59.8 Å². The molecule has 0 spiro atoms. The predicted octanol–water partition coefficient (Wildman–Crippen LogP) is 4.73. The first kappa shape index (κ1) is 18.8. The lowest BCUT2D eigenvalue weighted by molar-refractivity contribution is 0.0697. The maximum Gasteiger partial charge on any atom is 0.290 e. The van der Waals surface area contributed by atoms with Gasteiger partial charge in [0.1, 0.15) is 11.5 Å². The Morgan fingerprint density at radius 2 is 1.93 bits per heavy atom. The molecule has 0 bridgehead atoms. The number of furan rings is 1. The van der Waals surface area contributed by atoms with E-state index in [1.54, 1.807) is 7.11 Å². The molecule has 0 N–H and O–H groups in total. The minimum absolute atomic E-state index is 0.0204. The van der Waals surface area contributed by atoms with Crippen LogP contribution in [-0.4, -0.2) is 30.2 Å². The first-order valence-corrected chi connectivity index (χ1v) is 9.91. The normalized spacial score (nSPS) is 20.9. The van der Waals surface area contributed by atoms with Gasteiger partial charge in [-0.15, -0.1) is 0 Å². The van der Waals surface area contributed by atoms with E-state index in [4.69, 9.17) is 9.15 Å². The molecule has 148 valence electrons. The van der Waals surface area contributed by atoms with Gasteiger partial charge in [-0.1, -0.05) is 26.0 Å². The first-order valence-electron chi connectivity index (χ1n) is 9.91. The first-order chi connectivity index (χ1) is 13.3. The van der Waals surface area contributed by atoms with Crippen molar-refractivity contribution in [3.8, 4) is 5.75 Å². The zero-order valence-electron chi connectivity index (χ0n) is 17.0. The van der Waals surface area contributed by atoms with Crippen LogP contribution in [0.5, 0.6) is 5.75 Å². The van der Waals surface area contributed by atoms with Crippen molar-refractivity contribution in [2.45, 2.75) is 52.5 Å². The summed E-state index contributed by atoms with van der Waals surface area (Å²) < 4.78 is 11.2. The molecule has 1 unspecified atom stereocenters. The van der Waals surface area contributed by atoms with Gasteiger partial charge in [-0.05, 0) is 42.9 Å². The summed E-state index contributed by atoms with van der Waals surface area (Å²) in [5.74, 6) is 1.77. The molecule has 1 fully saturated rings. The maximum atomic E-state index is 13.4. The molecule has 1 aromatic heterocycles. The van der Waals surface area contributed by atoms with E-state index in [0.717, 1.165) is 24.2 Å². The number of amides is 1. The van der Waals surface area contributed by atoms with Gasteiger partial charge < -0.3 is 14.1 Å². The molecule has 0 radical (unpaired) electrons. The Bertz CT molecular complexity index is 923. The molecule has 5 heteroatoms. The van der Waals surface area contributed by atoms with Crippen molar-refractivity contribution in [2.75, 3.05) is 13.7 Å². The predicted molar refractivity (Wildman–Crippen MR) is 106 cm³/mol. The number of ether oxygens (including phenoxy) is 1. The minimum Gasteiger partial charge on any atom is -0.497 e. The van der Waals surface area contributed by atoms with Crippen LogP contribution in [0.4, 0.5) is 0 Å². The molecule has 2 aliphatic rings. The van der Waals surface area contributed by atoms with Crippen LogP contribution in [0.15, 0.2) is 28.7 Å². The molecular weight excluding hydrogens is 354 g/mol. The van der Waals surface area contributed by atoms with Crippen molar-refractivity contribution < 1.29 is 18.7 Å². The van der Waals surface area contributed by atoms with Crippen molar-refractivity contribution in [3.63, 3.8) is 0 Å². The molecule has 5 nitrogen and oxygen atoms in total. The largest absolute Gasteiger partial charge is 0.497 e. The Labute approximate surface area is 165 Å². The van der Waals surface area contributed by atoms with Crippen molar-refractivity contribution >= 4 is 11.7 Å². The van der Waals surface area contributed by atoms with E-state index in [0.29, 0.717) is 42.0 Å². The molecule has 0 saturated carbocycles. The zero-order valence-corrected chi connectivity index (χ0v) is 17.0. The third-order valence-corrected chi connectivity index (χ3v) is 5.99. The number of hydrogen-bond donors (Lipinski definition) is 0. The highest BCUT2D eigenvalue weighted by Crippen LogP contribution is 2.40. The van der Waals surface area contributed by atoms with Crippen LogP contribution in [0.3, 0.4) is 0 Å². The summed E-state index contributed by atoms with van der Waals surface area (Å²) in [6.07, 6.45) is 3.05. The highest BCUT2D eigenvalue weighted by molar-refractivity contribution is 6.04. The van der Waals surface area contributed by atoms with Gasteiger partial charge >= 0.3 is 0 Å². The summed E-state index contributed by atoms with van der Waals surface area (Å²) in [6, 6.07) is 7.90. The minimum atomic E-state index is -0.131. The molecule has 1 atom stereocenters. The van der Waals surface area contributed by atoms with Gasteiger partial charge in [0.2, 0.25) is 0 Å². The highest BCUT2D eigenvalue weighted by atomic mass is 16.5. The Hall–Kier alpha value is -2.56. The summed E-state index contributed by atoms with van der Waals surface area (Å²) in [5.41, 5.74) is 2.29. The summed E-state index contributed by atoms with van der Waals surface area (Å²) in [4.78, 5) is 27.9. The fourth-order valence-electron chi connectivity index (χ4n) is 4.60. The molecule has 28 heavy (non-hydrogen) atoms. The second-order valence-electron chi connectivity index (χ2n) is 8.73. The Balaban J connectivity index is 1.65. The summed E-state index contributed by atoms with van der Waals surface area (Å²) >= 11 is 0. The third-order valence-electron chi connectivity index (χ3n) is 5.99. The number of ketones is 1. The van der Waals surface area contributed by atoms with Crippen molar-refractivity contribution in [2.24, 2.45) is 5.41 Å². The number of carbonyl (C=O) groups excluding carboxylic acids is 2. The highest BCUT2D eigenvalue weighted by Gasteiger charge is 2.39. The van der Waals surface area contributed by atoms with Gasteiger partial charge in [-0.3, -0.25) is 9.59 Å². The van der Waals surface area contributed by atoms with Crippen LogP contribution in [0, 0.1) is 12.3 Å². The fourth-order valence-corrected chi connectivity index (χ4v) is 4.60. The molecule has 1 aliphatic carbocycles. The number of benzene rings is 1.